The maximum atomic E-state index is 15.3. The molecule has 0 fully saturated rings. The van der Waals surface area contributed by atoms with Crippen LogP contribution in [0.25, 0.3) is 16.4 Å². The smallest absolute Gasteiger partial charge is 0.369 e. The van der Waals surface area contributed by atoms with Crippen LogP contribution in [0, 0.1) is 12.7 Å². The molecule has 5 aromatic rings. The van der Waals surface area contributed by atoms with Crippen molar-refractivity contribution in [3.05, 3.63) is 89.4 Å². The van der Waals surface area contributed by atoms with Gasteiger partial charge in [-0.1, -0.05) is 0 Å². The zero-order valence-corrected chi connectivity index (χ0v) is 20.1. The number of carbonyl (C=O) groups is 1. The molecule has 9 nitrogen and oxygen atoms in total. The molecule has 38 heavy (non-hydrogen) atoms. The molecular formula is C25H20F4N8O. The van der Waals surface area contributed by atoms with E-state index < -0.39 is 29.5 Å². The Kier molecular flexibility index (Phi) is 6.13. The number of pyridine rings is 1. The highest BCUT2D eigenvalue weighted by Crippen LogP contribution is 2.30. The molecule has 4 heterocycles. The summed E-state index contributed by atoms with van der Waals surface area (Å²) >= 11 is 0. The van der Waals surface area contributed by atoms with Gasteiger partial charge in [0.2, 0.25) is 5.95 Å². The SMILES string of the molecule is Cc1ncc2c3cc(C(=O)N(Cc4ccc(C(F)(F)F)cn4)[C@H](C)c4ncccn4)c(F)cc3nc(N)n12. The molecule has 4 aromatic heterocycles. The molecule has 1 aromatic carbocycles. The van der Waals surface area contributed by atoms with E-state index in [1.54, 1.807) is 30.5 Å². The number of alkyl halides is 3. The summed E-state index contributed by atoms with van der Waals surface area (Å²) in [6, 6.07) is 5.34. The standard InChI is InChI=1S/C25H20F4N8O/c1-13(22-31-6-3-7-32-22)36(12-16-5-4-15(10-34-16)25(27,28)29)23(38)17-8-18-20(9-19(17)26)35-24(30)37-14(2)33-11-21(18)37/h3-11,13H,12H2,1-2H3,(H2,30,35)/t13-/m1/s1. The summed E-state index contributed by atoms with van der Waals surface area (Å²) < 4.78 is 55.9. The summed E-state index contributed by atoms with van der Waals surface area (Å²) in [6.45, 7) is 3.14. The number of nitrogens with zero attached hydrogens (tertiary/aromatic N) is 7. The quantitative estimate of drug-likeness (QED) is 0.336. The molecule has 1 atom stereocenters. The van der Waals surface area contributed by atoms with E-state index in [0.29, 0.717) is 22.9 Å². The summed E-state index contributed by atoms with van der Waals surface area (Å²) in [4.78, 5) is 35.8. The Labute approximate surface area is 213 Å². The molecule has 0 unspecified atom stereocenters. The number of hydrogen-bond acceptors (Lipinski definition) is 7. The van der Waals surface area contributed by atoms with Crippen molar-refractivity contribution in [2.45, 2.75) is 32.6 Å². The topological polar surface area (TPSA) is 115 Å². The van der Waals surface area contributed by atoms with E-state index in [2.05, 4.69) is 24.9 Å². The Balaban J connectivity index is 1.60. The van der Waals surface area contributed by atoms with Crippen LogP contribution in [-0.2, 0) is 12.7 Å². The first-order valence-corrected chi connectivity index (χ1v) is 11.4. The Morgan fingerprint density at radius 3 is 2.50 bits per heavy atom. The average molecular weight is 524 g/mol. The van der Waals surface area contributed by atoms with E-state index in [0.717, 1.165) is 12.1 Å². The van der Waals surface area contributed by atoms with Gasteiger partial charge in [0.15, 0.2) is 0 Å². The van der Waals surface area contributed by atoms with Gasteiger partial charge in [0.05, 0.1) is 46.6 Å². The Bertz CT molecular complexity index is 1650. The molecule has 5 rings (SSSR count). The summed E-state index contributed by atoms with van der Waals surface area (Å²) in [5.74, 6) is -0.643. The molecule has 13 heteroatoms. The van der Waals surface area contributed by atoms with Gasteiger partial charge in [0.1, 0.15) is 17.5 Å². The molecule has 0 spiro atoms. The molecule has 0 aliphatic rings. The second-order valence-electron chi connectivity index (χ2n) is 8.60. The Morgan fingerprint density at radius 2 is 1.84 bits per heavy atom. The van der Waals surface area contributed by atoms with E-state index in [-0.39, 0.29) is 35.1 Å². The van der Waals surface area contributed by atoms with Gasteiger partial charge in [-0.05, 0) is 38.1 Å². The number of nitrogen functional groups attached to an aromatic ring is 1. The van der Waals surface area contributed by atoms with Crippen molar-refractivity contribution in [2.24, 2.45) is 0 Å². The van der Waals surface area contributed by atoms with Gasteiger partial charge in [-0.2, -0.15) is 13.2 Å². The summed E-state index contributed by atoms with van der Waals surface area (Å²) in [5, 5.41) is 0.445. The van der Waals surface area contributed by atoms with Gasteiger partial charge in [-0.15, -0.1) is 0 Å². The first-order chi connectivity index (χ1) is 18.0. The monoisotopic (exact) mass is 524 g/mol. The fourth-order valence-electron chi connectivity index (χ4n) is 4.19. The lowest BCUT2D eigenvalue weighted by atomic mass is 10.1. The van der Waals surface area contributed by atoms with Gasteiger partial charge in [0, 0.05) is 30.0 Å². The summed E-state index contributed by atoms with van der Waals surface area (Å²) in [7, 11) is 0. The second kappa shape index (κ2) is 9.32. The zero-order chi connectivity index (χ0) is 27.2. The molecule has 1 amide bonds. The summed E-state index contributed by atoms with van der Waals surface area (Å²) in [5.41, 5.74) is 5.75. The lowest BCUT2D eigenvalue weighted by molar-refractivity contribution is -0.137. The molecule has 2 N–H and O–H groups in total. The molecule has 0 aliphatic carbocycles. The van der Waals surface area contributed by atoms with Gasteiger partial charge in [0.25, 0.3) is 5.91 Å². The van der Waals surface area contributed by atoms with Crippen molar-refractivity contribution < 1.29 is 22.4 Å². The maximum absolute atomic E-state index is 15.3. The molecule has 0 bridgehead atoms. The van der Waals surface area contributed by atoms with Crippen molar-refractivity contribution in [2.75, 3.05) is 5.73 Å². The number of carbonyl (C=O) groups excluding carboxylic acids is 1. The van der Waals surface area contributed by atoms with Crippen LogP contribution in [-0.4, -0.2) is 40.1 Å². The highest BCUT2D eigenvalue weighted by Gasteiger charge is 2.32. The van der Waals surface area contributed by atoms with Crippen LogP contribution in [0.3, 0.4) is 0 Å². The van der Waals surface area contributed by atoms with Crippen LogP contribution >= 0.6 is 0 Å². The number of benzene rings is 1. The number of amides is 1. The zero-order valence-electron chi connectivity index (χ0n) is 20.1. The number of rotatable bonds is 5. The number of aromatic nitrogens is 6. The molecule has 0 saturated carbocycles. The highest BCUT2D eigenvalue weighted by molar-refractivity contribution is 6.02. The van der Waals surface area contributed by atoms with Crippen LogP contribution in [0.4, 0.5) is 23.5 Å². The molecule has 194 valence electrons. The molecule has 0 saturated heterocycles. The number of halogens is 4. The third kappa shape index (κ3) is 4.46. The lowest BCUT2D eigenvalue weighted by Gasteiger charge is -2.28. The number of aryl methyl sites for hydroxylation is 1. The maximum Gasteiger partial charge on any atom is 0.417 e. The third-order valence-electron chi connectivity index (χ3n) is 6.17. The highest BCUT2D eigenvalue weighted by atomic mass is 19.4. The van der Waals surface area contributed by atoms with E-state index in [4.69, 9.17) is 5.73 Å². The van der Waals surface area contributed by atoms with Gasteiger partial charge >= 0.3 is 6.18 Å². The minimum atomic E-state index is -4.56. The van der Waals surface area contributed by atoms with Gasteiger partial charge in [-0.3, -0.25) is 14.2 Å². The minimum Gasteiger partial charge on any atom is -0.369 e. The van der Waals surface area contributed by atoms with Crippen molar-refractivity contribution in [1.82, 2.24) is 34.2 Å². The van der Waals surface area contributed by atoms with Crippen molar-refractivity contribution >= 4 is 28.3 Å². The molecule has 0 aliphatic heterocycles. The first kappa shape index (κ1) is 25.0. The second-order valence-corrected chi connectivity index (χ2v) is 8.60. The van der Waals surface area contributed by atoms with Crippen LogP contribution in [0.2, 0.25) is 0 Å². The average Bonchev–Trinajstić information content (AvgIpc) is 3.29. The Morgan fingerprint density at radius 1 is 1.11 bits per heavy atom. The van der Waals surface area contributed by atoms with Crippen molar-refractivity contribution in [1.29, 1.82) is 0 Å². The van der Waals surface area contributed by atoms with E-state index in [9.17, 15) is 18.0 Å². The fraction of sp³-hybridized carbons (Fsp3) is 0.200. The van der Waals surface area contributed by atoms with E-state index in [1.165, 1.54) is 29.4 Å². The largest absolute Gasteiger partial charge is 0.417 e. The van der Waals surface area contributed by atoms with Crippen LogP contribution in [0.1, 0.15) is 46.2 Å². The number of nitrogens with two attached hydrogens (primary N) is 1. The predicted molar refractivity (Wildman–Crippen MR) is 129 cm³/mol. The number of anilines is 1. The number of fused-ring (bicyclic) bond motifs is 3. The van der Waals surface area contributed by atoms with Crippen LogP contribution in [0.15, 0.2) is 55.1 Å². The van der Waals surface area contributed by atoms with Crippen LogP contribution < -0.4 is 5.73 Å². The molecule has 0 radical (unpaired) electrons. The van der Waals surface area contributed by atoms with Crippen LogP contribution in [0.5, 0.6) is 0 Å². The number of hydrogen-bond donors (Lipinski definition) is 1. The predicted octanol–water partition coefficient (Wildman–Crippen LogP) is 4.52. The normalized spacial score (nSPS) is 12.7. The fourth-order valence-corrected chi connectivity index (χ4v) is 4.19. The minimum absolute atomic E-state index is 0.117. The molecular weight excluding hydrogens is 504 g/mol. The Hall–Kier alpha value is -4.68. The van der Waals surface area contributed by atoms with E-state index in [1.807, 2.05) is 0 Å². The first-order valence-electron chi connectivity index (χ1n) is 11.4. The van der Waals surface area contributed by atoms with E-state index >= 15 is 4.39 Å². The van der Waals surface area contributed by atoms with Crippen molar-refractivity contribution in [3.8, 4) is 0 Å². The third-order valence-corrected chi connectivity index (χ3v) is 6.17. The number of imidazole rings is 1. The summed E-state index contributed by atoms with van der Waals surface area (Å²) in [6.07, 6.45) is 0.654. The van der Waals surface area contributed by atoms with Gasteiger partial charge < -0.3 is 10.6 Å². The van der Waals surface area contributed by atoms with Crippen molar-refractivity contribution in [3.63, 3.8) is 0 Å². The van der Waals surface area contributed by atoms with Gasteiger partial charge in [-0.25, -0.2) is 24.3 Å². The lowest BCUT2D eigenvalue weighted by Crippen LogP contribution is -2.35.